The Bertz CT molecular complexity index is 569. The summed E-state index contributed by atoms with van der Waals surface area (Å²) in [6.07, 6.45) is 5.51. The van der Waals surface area contributed by atoms with Crippen molar-refractivity contribution < 1.29 is 14.3 Å². The van der Waals surface area contributed by atoms with Crippen LogP contribution in [0.15, 0.2) is 24.3 Å². The quantitative estimate of drug-likeness (QED) is 0.849. The summed E-state index contributed by atoms with van der Waals surface area (Å²) in [5.41, 5.74) is 1.81. The summed E-state index contributed by atoms with van der Waals surface area (Å²) in [7, 11) is 0. The molecule has 118 valence electrons. The summed E-state index contributed by atoms with van der Waals surface area (Å²) in [6.45, 7) is 1.76. The smallest absolute Gasteiger partial charge is 0.306 e. The molecule has 0 spiro atoms. The summed E-state index contributed by atoms with van der Waals surface area (Å²) >= 11 is 0. The number of anilines is 1. The molecule has 0 saturated heterocycles. The Morgan fingerprint density at radius 2 is 2.14 bits per heavy atom. The van der Waals surface area contributed by atoms with Gasteiger partial charge < -0.3 is 10.1 Å². The first kappa shape index (κ1) is 15.1. The van der Waals surface area contributed by atoms with Gasteiger partial charge in [-0.1, -0.05) is 18.6 Å². The summed E-state index contributed by atoms with van der Waals surface area (Å²) in [5, 5.41) is 2.74. The number of carbonyl (C=O) groups is 2. The molecule has 4 nitrogen and oxygen atoms in total. The molecule has 0 heterocycles. The SMILES string of the molecule is Cc1cccc(NC(=O)COC(=O)C[C@H]2C[C@H]3CC[C@@H]2C3)c1. The highest BCUT2D eigenvalue weighted by molar-refractivity contribution is 5.92. The van der Waals surface area contributed by atoms with E-state index in [4.69, 9.17) is 4.74 Å². The third kappa shape index (κ3) is 3.67. The Kier molecular flexibility index (Phi) is 4.46. The van der Waals surface area contributed by atoms with Crippen LogP contribution in [0.3, 0.4) is 0 Å². The van der Waals surface area contributed by atoms with Gasteiger partial charge in [0.05, 0.1) is 0 Å². The number of hydrogen-bond donors (Lipinski definition) is 1. The predicted octanol–water partition coefficient (Wildman–Crippen LogP) is 3.30. The van der Waals surface area contributed by atoms with Gasteiger partial charge in [0.1, 0.15) is 0 Å². The van der Waals surface area contributed by atoms with Crippen molar-refractivity contribution in [1.29, 1.82) is 0 Å². The van der Waals surface area contributed by atoms with Crippen molar-refractivity contribution >= 4 is 17.6 Å². The summed E-state index contributed by atoms with van der Waals surface area (Å²) in [6, 6.07) is 7.55. The molecule has 2 aliphatic rings. The maximum atomic E-state index is 11.9. The molecule has 3 rings (SSSR count). The van der Waals surface area contributed by atoms with E-state index in [0.29, 0.717) is 18.3 Å². The molecule has 0 unspecified atom stereocenters. The highest BCUT2D eigenvalue weighted by Gasteiger charge is 2.40. The number of benzene rings is 1. The largest absolute Gasteiger partial charge is 0.456 e. The summed E-state index contributed by atoms with van der Waals surface area (Å²) < 4.78 is 5.12. The molecule has 0 aliphatic heterocycles. The van der Waals surface area contributed by atoms with Gasteiger partial charge in [0.15, 0.2) is 6.61 Å². The fraction of sp³-hybridized carbons (Fsp3) is 0.556. The minimum absolute atomic E-state index is 0.201. The lowest BCUT2D eigenvalue weighted by molar-refractivity contribution is -0.148. The van der Waals surface area contributed by atoms with Crippen LogP contribution in [0.1, 0.15) is 37.7 Å². The van der Waals surface area contributed by atoms with Gasteiger partial charge in [-0.25, -0.2) is 0 Å². The zero-order valence-electron chi connectivity index (χ0n) is 13.0. The van der Waals surface area contributed by atoms with Gasteiger partial charge in [-0.2, -0.15) is 0 Å². The van der Waals surface area contributed by atoms with Crippen LogP contribution in [0.5, 0.6) is 0 Å². The molecule has 3 atom stereocenters. The van der Waals surface area contributed by atoms with Crippen molar-refractivity contribution in [2.75, 3.05) is 11.9 Å². The second kappa shape index (κ2) is 6.51. The second-order valence-corrected chi connectivity index (χ2v) is 6.72. The number of aryl methyl sites for hydroxylation is 1. The Labute approximate surface area is 131 Å². The molecule has 2 bridgehead atoms. The van der Waals surface area contributed by atoms with Gasteiger partial charge in [-0.05, 0) is 61.6 Å². The average molecular weight is 301 g/mol. The van der Waals surface area contributed by atoms with E-state index in [1.54, 1.807) is 0 Å². The normalized spacial score (nSPS) is 26.0. The lowest BCUT2D eigenvalue weighted by Gasteiger charge is -2.20. The number of hydrogen-bond acceptors (Lipinski definition) is 3. The molecule has 2 fully saturated rings. The van der Waals surface area contributed by atoms with Gasteiger partial charge in [-0.15, -0.1) is 0 Å². The zero-order chi connectivity index (χ0) is 15.5. The van der Waals surface area contributed by atoms with Crippen LogP contribution in [0, 0.1) is 24.7 Å². The predicted molar refractivity (Wildman–Crippen MR) is 84.3 cm³/mol. The fourth-order valence-electron chi connectivity index (χ4n) is 3.97. The maximum absolute atomic E-state index is 11.9. The summed E-state index contributed by atoms with van der Waals surface area (Å²) in [5.74, 6) is 1.49. The van der Waals surface area contributed by atoms with E-state index in [2.05, 4.69) is 5.32 Å². The van der Waals surface area contributed by atoms with Crippen LogP contribution in [0.25, 0.3) is 0 Å². The van der Waals surface area contributed by atoms with E-state index in [1.807, 2.05) is 31.2 Å². The van der Waals surface area contributed by atoms with E-state index < -0.39 is 0 Å². The van der Waals surface area contributed by atoms with Gasteiger partial charge in [0.2, 0.25) is 0 Å². The Morgan fingerprint density at radius 3 is 2.82 bits per heavy atom. The zero-order valence-corrected chi connectivity index (χ0v) is 13.0. The van der Waals surface area contributed by atoms with Crippen molar-refractivity contribution in [3.63, 3.8) is 0 Å². The monoisotopic (exact) mass is 301 g/mol. The van der Waals surface area contributed by atoms with Crippen molar-refractivity contribution in [3.05, 3.63) is 29.8 Å². The maximum Gasteiger partial charge on any atom is 0.306 e. The molecular formula is C18H23NO3. The van der Waals surface area contributed by atoms with Crippen molar-refractivity contribution in [2.45, 2.75) is 39.0 Å². The Hall–Kier alpha value is -1.84. The molecule has 1 amide bonds. The number of carbonyl (C=O) groups excluding carboxylic acids is 2. The molecular weight excluding hydrogens is 278 g/mol. The first-order valence-corrected chi connectivity index (χ1v) is 8.12. The second-order valence-electron chi connectivity index (χ2n) is 6.72. The average Bonchev–Trinajstić information content (AvgIpc) is 3.08. The molecule has 0 aromatic heterocycles. The molecule has 0 radical (unpaired) electrons. The molecule has 22 heavy (non-hydrogen) atoms. The number of nitrogens with one attached hydrogen (secondary N) is 1. The third-order valence-electron chi connectivity index (χ3n) is 4.98. The van der Waals surface area contributed by atoms with Crippen LogP contribution >= 0.6 is 0 Å². The number of rotatable bonds is 5. The van der Waals surface area contributed by atoms with Gasteiger partial charge in [0.25, 0.3) is 5.91 Å². The van der Waals surface area contributed by atoms with Gasteiger partial charge >= 0.3 is 5.97 Å². The number of esters is 1. The van der Waals surface area contributed by atoms with E-state index in [1.165, 1.54) is 19.3 Å². The van der Waals surface area contributed by atoms with Crippen LogP contribution < -0.4 is 5.32 Å². The fourth-order valence-corrected chi connectivity index (χ4v) is 3.97. The van der Waals surface area contributed by atoms with E-state index >= 15 is 0 Å². The molecule has 2 saturated carbocycles. The molecule has 1 N–H and O–H groups in total. The standard InChI is InChI=1S/C18H23NO3/c1-12-3-2-4-16(7-12)19-17(20)11-22-18(21)10-15-9-13-5-6-14(15)8-13/h2-4,7,13-15H,5-6,8-11H2,1H3,(H,19,20)/t13-,14+,15+/m0/s1. The van der Waals surface area contributed by atoms with Crippen molar-refractivity contribution in [1.82, 2.24) is 0 Å². The first-order chi connectivity index (χ1) is 10.6. The Balaban J connectivity index is 1.40. The van der Waals surface area contributed by atoms with Crippen LogP contribution in [0.4, 0.5) is 5.69 Å². The van der Waals surface area contributed by atoms with Crippen LogP contribution in [0.2, 0.25) is 0 Å². The van der Waals surface area contributed by atoms with Crippen molar-refractivity contribution in [3.8, 4) is 0 Å². The number of fused-ring (bicyclic) bond motifs is 2. The molecule has 2 aliphatic carbocycles. The number of ether oxygens (including phenoxy) is 1. The van der Waals surface area contributed by atoms with E-state index in [-0.39, 0.29) is 18.5 Å². The highest BCUT2D eigenvalue weighted by Crippen LogP contribution is 2.49. The third-order valence-corrected chi connectivity index (χ3v) is 4.98. The molecule has 1 aromatic carbocycles. The topological polar surface area (TPSA) is 55.4 Å². The lowest BCUT2D eigenvalue weighted by Crippen LogP contribution is -2.23. The minimum Gasteiger partial charge on any atom is -0.456 e. The highest BCUT2D eigenvalue weighted by atomic mass is 16.5. The van der Waals surface area contributed by atoms with Gasteiger partial charge in [0, 0.05) is 12.1 Å². The Morgan fingerprint density at radius 1 is 1.27 bits per heavy atom. The van der Waals surface area contributed by atoms with Crippen LogP contribution in [-0.2, 0) is 14.3 Å². The van der Waals surface area contributed by atoms with E-state index in [0.717, 1.165) is 23.6 Å². The van der Waals surface area contributed by atoms with Crippen molar-refractivity contribution in [2.24, 2.45) is 17.8 Å². The lowest BCUT2D eigenvalue weighted by atomic mass is 9.86. The van der Waals surface area contributed by atoms with E-state index in [9.17, 15) is 9.59 Å². The molecule has 1 aromatic rings. The van der Waals surface area contributed by atoms with Crippen LogP contribution in [-0.4, -0.2) is 18.5 Å². The number of amides is 1. The minimum atomic E-state index is -0.285. The first-order valence-electron chi connectivity index (χ1n) is 8.12. The summed E-state index contributed by atoms with van der Waals surface area (Å²) in [4.78, 5) is 23.7. The van der Waals surface area contributed by atoms with Gasteiger partial charge in [-0.3, -0.25) is 9.59 Å². The molecule has 4 heteroatoms.